The van der Waals surface area contributed by atoms with Crippen molar-refractivity contribution in [2.24, 2.45) is 0 Å². The van der Waals surface area contributed by atoms with Crippen LogP contribution in [0.2, 0.25) is 0 Å². The van der Waals surface area contributed by atoms with Gasteiger partial charge in [0.1, 0.15) is 11.8 Å². The molecule has 10 nitrogen and oxygen atoms in total. The molecule has 160 valence electrons. The molecule has 0 aliphatic heterocycles. The molecule has 0 N–H and O–H groups in total. The van der Waals surface area contributed by atoms with E-state index in [-0.39, 0.29) is 30.9 Å². The molecule has 2 heterocycles. The van der Waals surface area contributed by atoms with Crippen LogP contribution in [0.3, 0.4) is 0 Å². The number of nitrogens with zero attached hydrogens (tertiary/aromatic N) is 4. The molecule has 2 aromatic heterocycles. The second-order valence-electron chi connectivity index (χ2n) is 6.52. The van der Waals surface area contributed by atoms with Crippen molar-refractivity contribution in [3.8, 4) is 11.4 Å². The van der Waals surface area contributed by atoms with Crippen LogP contribution in [0.4, 0.5) is 0 Å². The zero-order valence-corrected chi connectivity index (χ0v) is 17.3. The lowest BCUT2D eigenvalue weighted by molar-refractivity contribution is -0.146. The molecule has 0 saturated carbocycles. The average Bonchev–Trinajstić information content (AvgIpc) is 3.18. The van der Waals surface area contributed by atoms with Gasteiger partial charge in [-0.15, -0.1) is 0 Å². The Hall–Kier alpha value is -3.40. The van der Waals surface area contributed by atoms with E-state index in [9.17, 15) is 14.4 Å². The maximum Gasteiger partial charge on any atom is 0.337 e. The number of esters is 1. The van der Waals surface area contributed by atoms with Gasteiger partial charge in [-0.3, -0.25) is 9.36 Å². The number of carbonyl (C=O) groups excluding carboxylic acids is 1. The Labute approximate surface area is 172 Å². The number of hydrogen-bond acceptors (Lipinski definition) is 7. The van der Waals surface area contributed by atoms with Gasteiger partial charge in [0.15, 0.2) is 11.2 Å². The van der Waals surface area contributed by atoms with Crippen molar-refractivity contribution >= 4 is 17.1 Å². The second-order valence-corrected chi connectivity index (χ2v) is 6.52. The van der Waals surface area contributed by atoms with Crippen LogP contribution in [0.1, 0.15) is 19.9 Å². The Morgan fingerprint density at radius 3 is 2.67 bits per heavy atom. The highest BCUT2D eigenvalue weighted by Crippen LogP contribution is 2.20. The summed E-state index contributed by atoms with van der Waals surface area (Å²) in [5.74, 6) is 0.0419. The molecule has 0 bridgehead atoms. The van der Waals surface area contributed by atoms with E-state index in [1.807, 2.05) is 0 Å². The van der Waals surface area contributed by atoms with Crippen LogP contribution in [0.15, 0.2) is 40.2 Å². The largest absolute Gasteiger partial charge is 0.497 e. The van der Waals surface area contributed by atoms with E-state index >= 15 is 0 Å². The van der Waals surface area contributed by atoms with Gasteiger partial charge in [0, 0.05) is 13.2 Å². The SMILES string of the molecule is CCOC(=O)[C@H](C)n1cnc2c1c(=O)n(CCOC)c(=O)n2-c1cccc(OC)c1. The Morgan fingerprint density at radius 1 is 1.23 bits per heavy atom. The number of carbonyl (C=O) groups is 1. The molecular formula is C20H24N4O6. The predicted octanol–water partition coefficient (Wildman–Crippen LogP) is 1.13. The number of methoxy groups -OCH3 is 2. The summed E-state index contributed by atoms with van der Waals surface area (Å²) >= 11 is 0. The molecule has 1 aromatic carbocycles. The number of rotatable bonds is 8. The van der Waals surface area contributed by atoms with Gasteiger partial charge in [0.2, 0.25) is 0 Å². The first kappa shape index (κ1) is 21.3. The van der Waals surface area contributed by atoms with Crippen molar-refractivity contribution in [3.63, 3.8) is 0 Å². The Bertz CT molecular complexity index is 1180. The summed E-state index contributed by atoms with van der Waals surface area (Å²) in [7, 11) is 3.00. The van der Waals surface area contributed by atoms with Gasteiger partial charge in [0.25, 0.3) is 5.56 Å². The van der Waals surface area contributed by atoms with Crippen LogP contribution in [-0.2, 0) is 20.8 Å². The van der Waals surface area contributed by atoms with E-state index in [1.54, 1.807) is 38.1 Å². The van der Waals surface area contributed by atoms with E-state index in [2.05, 4.69) is 4.98 Å². The van der Waals surface area contributed by atoms with E-state index in [0.29, 0.717) is 11.4 Å². The summed E-state index contributed by atoms with van der Waals surface area (Å²) in [5.41, 5.74) is -0.381. The Morgan fingerprint density at radius 2 is 2.00 bits per heavy atom. The van der Waals surface area contributed by atoms with E-state index in [1.165, 1.54) is 29.7 Å². The molecule has 0 aliphatic carbocycles. The van der Waals surface area contributed by atoms with Gasteiger partial charge in [-0.1, -0.05) is 6.07 Å². The van der Waals surface area contributed by atoms with Crippen molar-refractivity contribution in [2.45, 2.75) is 26.4 Å². The smallest absolute Gasteiger partial charge is 0.337 e. The molecule has 10 heteroatoms. The molecule has 3 aromatic rings. The normalized spacial score (nSPS) is 12.1. The molecule has 0 aliphatic rings. The first-order valence-electron chi connectivity index (χ1n) is 9.47. The number of benzene rings is 1. The number of aromatic nitrogens is 4. The molecule has 0 spiro atoms. The van der Waals surface area contributed by atoms with E-state index in [4.69, 9.17) is 14.2 Å². The molecule has 0 fully saturated rings. The van der Waals surface area contributed by atoms with Crippen molar-refractivity contribution in [1.82, 2.24) is 18.7 Å². The van der Waals surface area contributed by atoms with E-state index in [0.717, 1.165) is 4.57 Å². The van der Waals surface area contributed by atoms with Gasteiger partial charge in [-0.2, -0.15) is 0 Å². The van der Waals surface area contributed by atoms with Crippen LogP contribution in [-0.4, -0.2) is 52.1 Å². The fourth-order valence-corrected chi connectivity index (χ4v) is 3.18. The molecule has 3 rings (SSSR count). The third-order valence-corrected chi connectivity index (χ3v) is 4.73. The minimum atomic E-state index is -0.796. The maximum atomic E-state index is 13.2. The molecule has 0 amide bonds. The number of fused-ring (bicyclic) bond motifs is 1. The summed E-state index contributed by atoms with van der Waals surface area (Å²) in [5, 5.41) is 0. The van der Waals surface area contributed by atoms with Gasteiger partial charge in [0.05, 0.1) is 38.9 Å². The lowest BCUT2D eigenvalue weighted by Gasteiger charge is -2.15. The zero-order valence-electron chi connectivity index (χ0n) is 17.3. The number of hydrogen-bond donors (Lipinski definition) is 0. The number of ether oxygens (including phenoxy) is 3. The minimum absolute atomic E-state index is 0.0487. The maximum absolute atomic E-state index is 13.2. The first-order chi connectivity index (χ1) is 14.4. The second kappa shape index (κ2) is 8.95. The standard InChI is InChI=1S/C20H24N4O6/c1-5-30-19(26)13(2)23-12-21-17-16(23)18(25)22(9-10-28-3)20(27)24(17)14-7-6-8-15(11-14)29-4/h6-8,11-13H,5,9-10H2,1-4H3/t13-/m0/s1. The summed E-state index contributed by atoms with van der Waals surface area (Å²) in [6.07, 6.45) is 1.37. The number of imidazole rings is 1. The fourth-order valence-electron chi connectivity index (χ4n) is 3.18. The first-order valence-corrected chi connectivity index (χ1v) is 9.47. The van der Waals surface area contributed by atoms with Crippen molar-refractivity contribution < 1.29 is 19.0 Å². The highest BCUT2D eigenvalue weighted by atomic mass is 16.5. The Balaban J connectivity index is 2.34. The summed E-state index contributed by atoms with van der Waals surface area (Å²) in [6.45, 7) is 3.74. The summed E-state index contributed by atoms with van der Waals surface area (Å²) in [6, 6.07) is 6.06. The van der Waals surface area contributed by atoms with Gasteiger partial charge in [-0.25, -0.2) is 19.1 Å². The quantitative estimate of drug-likeness (QED) is 0.507. The van der Waals surface area contributed by atoms with Crippen LogP contribution in [0.25, 0.3) is 16.9 Å². The highest BCUT2D eigenvalue weighted by Gasteiger charge is 2.24. The molecule has 30 heavy (non-hydrogen) atoms. The zero-order chi connectivity index (χ0) is 21.8. The van der Waals surface area contributed by atoms with Crippen LogP contribution in [0, 0.1) is 0 Å². The molecule has 0 radical (unpaired) electrons. The van der Waals surface area contributed by atoms with Crippen LogP contribution >= 0.6 is 0 Å². The fraction of sp³-hybridized carbons (Fsp3) is 0.400. The lowest BCUT2D eigenvalue weighted by Crippen LogP contribution is -2.41. The Kier molecular flexibility index (Phi) is 6.36. The minimum Gasteiger partial charge on any atom is -0.497 e. The average molecular weight is 416 g/mol. The van der Waals surface area contributed by atoms with Gasteiger partial charge in [-0.05, 0) is 26.0 Å². The predicted molar refractivity (Wildman–Crippen MR) is 109 cm³/mol. The third kappa shape index (κ3) is 3.73. The summed E-state index contributed by atoms with van der Waals surface area (Å²) < 4.78 is 19.2. The van der Waals surface area contributed by atoms with Crippen LogP contribution < -0.4 is 16.0 Å². The lowest BCUT2D eigenvalue weighted by atomic mass is 10.3. The van der Waals surface area contributed by atoms with E-state index < -0.39 is 23.3 Å². The van der Waals surface area contributed by atoms with Crippen LogP contribution in [0.5, 0.6) is 5.75 Å². The van der Waals surface area contributed by atoms with Crippen molar-refractivity contribution in [2.75, 3.05) is 27.4 Å². The monoisotopic (exact) mass is 416 g/mol. The van der Waals surface area contributed by atoms with Crippen molar-refractivity contribution in [3.05, 3.63) is 51.4 Å². The third-order valence-electron chi connectivity index (χ3n) is 4.73. The van der Waals surface area contributed by atoms with Gasteiger partial charge < -0.3 is 18.8 Å². The molecule has 0 unspecified atom stereocenters. The van der Waals surface area contributed by atoms with Gasteiger partial charge >= 0.3 is 11.7 Å². The topological polar surface area (TPSA) is 107 Å². The molecular weight excluding hydrogens is 392 g/mol. The van der Waals surface area contributed by atoms with Crippen molar-refractivity contribution in [1.29, 1.82) is 0 Å². The molecule has 1 atom stereocenters. The summed E-state index contributed by atoms with van der Waals surface area (Å²) in [4.78, 5) is 43.0. The molecule has 0 saturated heterocycles. The highest BCUT2D eigenvalue weighted by molar-refractivity contribution is 5.79.